The van der Waals surface area contributed by atoms with E-state index >= 15 is 0 Å². The number of benzene rings is 2. The van der Waals surface area contributed by atoms with Crippen molar-refractivity contribution < 1.29 is 37.1 Å². The van der Waals surface area contributed by atoms with Gasteiger partial charge in [-0.3, -0.25) is 14.4 Å². The van der Waals surface area contributed by atoms with Crippen molar-refractivity contribution in [3.05, 3.63) is 88.6 Å². The minimum absolute atomic E-state index is 0.00500. The molecule has 0 N–H and O–H groups in total. The van der Waals surface area contributed by atoms with Crippen molar-refractivity contribution in [2.24, 2.45) is 0 Å². The van der Waals surface area contributed by atoms with Gasteiger partial charge in [-0.05, 0) is 37.3 Å². The number of hydrogen-bond acceptors (Lipinski definition) is 8. The predicted octanol–water partition coefficient (Wildman–Crippen LogP) is 4.74. The van der Waals surface area contributed by atoms with Crippen LogP contribution in [-0.2, 0) is 20.5 Å². The Hall–Kier alpha value is -4.50. The number of ether oxygens (including phenoxy) is 1. The molecule has 1 aliphatic rings. The largest absolute Gasteiger partial charge is 0.454 e. The van der Waals surface area contributed by atoms with E-state index in [0.717, 1.165) is 11.0 Å². The molecule has 2 amide bonds. The average Bonchev–Trinajstić information content (AvgIpc) is 3.19. The first-order valence-electron chi connectivity index (χ1n) is 11.4. The lowest BCUT2D eigenvalue weighted by Crippen LogP contribution is -2.31. The Balaban J connectivity index is 1.46. The van der Waals surface area contributed by atoms with E-state index in [0.29, 0.717) is 17.3 Å². The summed E-state index contributed by atoms with van der Waals surface area (Å²) >= 11 is 0.621. The van der Waals surface area contributed by atoms with Crippen LogP contribution in [0.3, 0.4) is 0 Å². The van der Waals surface area contributed by atoms with Crippen LogP contribution in [0, 0.1) is 18.3 Å². The molecule has 1 fully saturated rings. The van der Waals surface area contributed by atoms with Gasteiger partial charge in [-0.2, -0.15) is 18.4 Å². The highest BCUT2D eigenvalue weighted by molar-refractivity contribution is 8.00. The number of alkyl halides is 3. The number of aromatic nitrogens is 1. The van der Waals surface area contributed by atoms with E-state index in [1.165, 1.54) is 37.3 Å². The van der Waals surface area contributed by atoms with Crippen molar-refractivity contribution in [3.8, 4) is 6.07 Å². The number of aryl methyl sites for hydroxylation is 1. The molecule has 1 aromatic heterocycles. The third-order valence-electron chi connectivity index (χ3n) is 5.68. The quantitative estimate of drug-likeness (QED) is 0.234. The van der Waals surface area contributed by atoms with Gasteiger partial charge >= 0.3 is 12.1 Å². The molecule has 0 radical (unpaired) electrons. The second-order valence-corrected chi connectivity index (χ2v) is 9.58. The summed E-state index contributed by atoms with van der Waals surface area (Å²) in [6.07, 6.45) is -5.12. The van der Waals surface area contributed by atoms with Gasteiger partial charge in [-0.15, -0.1) is 0 Å². The van der Waals surface area contributed by atoms with E-state index in [4.69, 9.17) is 4.74 Å². The summed E-state index contributed by atoms with van der Waals surface area (Å²) in [6.45, 7) is 0.860. The van der Waals surface area contributed by atoms with E-state index in [1.54, 1.807) is 30.3 Å². The maximum absolute atomic E-state index is 13.4. The topological polar surface area (TPSA) is 117 Å². The number of nitrogens with zero attached hydrogens (tertiary/aromatic N) is 3. The first-order chi connectivity index (χ1) is 18.5. The zero-order valence-corrected chi connectivity index (χ0v) is 21.0. The van der Waals surface area contributed by atoms with Crippen molar-refractivity contribution in [2.45, 2.75) is 29.8 Å². The molecule has 1 atom stereocenters. The number of carbonyl (C=O) groups excluding carboxylic acids is 4. The molecule has 1 saturated heterocycles. The fourth-order valence-electron chi connectivity index (χ4n) is 3.83. The van der Waals surface area contributed by atoms with Gasteiger partial charge in [0.25, 0.3) is 0 Å². The molecule has 12 heteroatoms. The molecule has 8 nitrogen and oxygen atoms in total. The maximum Gasteiger partial charge on any atom is 0.417 e. The van der Waals surface area contributed by atoms with Crippen LogP contribution >= 0.6 is 11.8 Å². The van der Waals surface area contributed by atoms with E-state index < -0.39 is 46.9 Å². The number of rotatable bonds is 7. The van der Waals surface area contributed by atoms with Crippen molar-refractivity contribution in [3.63, 3.8) is 0 Å². The van der Waals surface area contributed by atoms with Gasteiger partial charge in [-0.25, -0.2) is 14.7 Å². The first-order valence-corrected chi connectivity index (χ1v) is 12.3. The Kier molecular flexibility index (Phi) is 7.83. The highest BCUT2D eigenvalue weighted by Crippen LogP contribution is 2.39. The minimum atomic E-state index is -4.80. The number of ketones is 1. The van der Waals surface area contributed by atoms with Crippen LogP contribution in [0.1, 0.15) is 44.0 Å². The fourth-order valence-corrected chi connectivity index (χ4v) is 5.00. The second kappa shape index (κ2) is 11.1. The molecule has 0 spiro atoms. The fraction of sp³-hybridized carbons (Fsp3) is 0.185. The number of anilines is 1. The standard InChI is InChI=1S/C27H18F3N3O5S/c1-15-11-20(27(28,29)30)19(13-31)24(32-15)39-22-12-23(35)33(25(22)36)18-9-7-17(8-10-18)26(37)38-14-21(34)16-5-3-2-4-6-16/h2-11,22H,12,14H2,1H3. The summed E-state index contributed by atoms with van der Waals surface area (Å²) in [5, 5.41) is 7.96. The van der Waals surface area contributed by atoms with Crippen molar-refractivity contribution in [2.75, 3.05) is 11.5 Å². The Morgan fingerprint density at radius 1 is 1.10 bits per heavy atom. The van der Waals surface area contributed by atoms with Crippen LogP contribution in [-0.4, -0.2) is 40.4 Å². The second-order valence-electron chi connectivity index (χ2n) is 8.39. The smallest absolute Gasteiger partial charge is 0.417 e. The van der Waals surface area contributed by atoms with Gasteiger partial charge in [0.2, 0.25) is 11.8 Å². The summed E-state index contributed by atoms with van der Waals surface area (Å²) in [5.41, 5.74) is -1.28. The maximum atomic E-state index is 13.4. The molecule has 3 aromatic rings. The lowest BCUT2D eigenvalue weighted by Gasteiger charge is -2.16. The highest BCUT2D eigenvalue weighted by Gasteiger charge is 2.42. The molecule has 1 unspecified atom stereocenters. The van der Waals surface area contributed by atoms with Crippen LogP contribution in [0.25, 0.3) is 0 Å². The molecule has 1 aliphatic heterocycles. The molecule has 0 aliphatic carbocycles. The number of amides is 2. The van der Waals surface area contributed by atoms with Gasteiger partial charge in [0.05, 0.1) is 27.6 Å². The summed E-state index contributed by atoms with van der Waals surface area (Å²) in [7, 11) is 0. The van der Waals surface area contributed by atoms with Crippen LogP contribution in [0.4, 0.5) is 18.9 Å². The summed E-state index contributed by atoms with van der Waals surface area (Å²) in [6, 6.07) is 15.8. The molecule has 2 heterocycles. The number of nitriles is 1. The number of pyridine rings is 1. The summed E-state index contributed by atoms with van der Waals surface area (Å²) < 4.78 is 45.3. The lowest BCUT2D eigenvalue weighted by atomic mass is 10.1. The van der Waals surface area contributed by atoms with Crippen LogP contribution in [0.2, 0.25) is 0 Å². The Morgan fingerprint density at radius 2 is 1.77 bits per heavy atom. The minimum Gasteiger partial charge on any atom is -0.454 e. The van der Waals surface area contributed by atoms with Crippen molar-refractivity contribution in [1.82, 2.24) is 4.98 Å². The third-order valence-corrected chi connectivity index (χ3v) is 6.85. The average molecular weight is 554 g/mol. The summed E-state index contributed by atoms with van der Waals surface area (Å²) in [4.78, 5) is 55.0. The van der Waals surface area contributed by atoms with Crippen molar-refractivity contribution in [1.29, 1.82) is 5.26 Å². The summed E-state index contributed by atoms with van der Waals surface area (Å²) in [5.74, 6) is -2.48. The number of Topliss-reactive ketones (excluding diaryl/α,β-unsaturated/α-hetero) is 1. The molecule has 0 saturated carbocycles. The number of esters is 1. The Morgan fingerprint density at radius 3 is 2.38 bits per heavy atom. The van der Waals surface area contributed by atoms with Crippen molar-refractivity contribution >= 4 is 41.0 Å². The molecule has 39 heavy (non-hydrogen) atoms. The zero-order chi connectivity index (χ0) is 28.3. The molecule has 0 bridgehead atoms. The molecular weight excluding hydrogens is 535 g/mol. The van der Waals surface area contributed by atoms with Crippen LogP contribution in [0.5, 0.6) is 0 Å². The normalized spacial score (nSPS) is 15.3. The first kappa shape index (κ1) is 27.5. The van der Waals surface area contributed by atoms with Gasteiger partial charge < -0.3 is 4.74 Å². The monoisotopic (exact) mass is 553 g/mol. The number of hydrogen-bond donors (Lipinski definition) is 0. The predicted molar refractivity (Wildman–Crippen MR) is 133 cm³/mol. The molecule has 4 rings (SSSR count). The number of carbonyl (C=O) groups is 4. The Bertz CT molecular complexity index is 1500. The lowest BCUT2D eigenvalue weighted by molar-refractivity contribution is -0.138. The SMILES string of the molecule is Cc1cc(C(F)(F)F)c(C#N)c(SC2CC(=O)N(c3ccc(C(=O)OCC(=O)c4ccccc4)cc3)C2=O)n1. The molecule has 2 aromatic carbocycles. The highest BCUT2D eigenvalue weighted by atomic mass is 32.2. The number of thioether (sulfide) groups is 1. The zero-order valence-electron chi connectivity index (χ0n) is 20.2. The molecule has 198 valence electrons. The van der Waals surface area contributed by atoms with E-state index in [9.17, 15) is 37.6 Å². The van der Waals surface area contributed by atoms with Gasteiger partial charge in [0.1, 0.15) is 11.1 Å². The number of halogens is 3. The van der Waals surface area contributed by atoms with Crippen LogP contribution in [0.15, 0.2) is 65.7 Å². The van der Waals surface area contributed by atoms with E-state index in [1.807, 2.05) is 0 Å². The van der Waals surface area contributed by atoms with Crippen LogP contribution < -0.4 is 4.90 Å². The van der Waals surface area contributed by atoms with Gasteiger partial charge in [0, 0.05) is 17.7 Å². The number of imide groups is 1. The van der Waals surface area contributed by atoms with Gasteiger partial charge in [0.15, 0.2) is 12.4 Å². The third kappa shape index (κ3) is 5.99. The molecular formula is C27H18F3N3O5S. The van der Waals surface area contributed by atoms with Gasteiger partial charge in [-0.1, -0.05) is 42.1 Å². The van der Waals surface area contributed by atoms with E-state index in [2.05, 4.69) is 4.98 Å². The Labute approximate surface area is 224 Å². The van der Waals surface area contributed by atoms with E-state index in [-0.39, 0.29) is 34.2 Å².